The van der Waals surface area contributed by atoms with Gasteiger partial charge < -0.3 is 18.9 Å². The molecule has 15 heteroatoms. The molecule has 0 radical (unpaired) electrons. The maximum absolute atomic E-state index is 12.4. The van der Waals surface area contributed by atoms with Crippen LogP contribution in [0.1, 0.15) is 178 Å². The van der Waals surface area contributed by atoms with Crippen molar-refractivity contribution in [3.05, 3.63) is 210 Å². The number of hydrogen-bond acceptors (Lipinski definition) is 10. The first kappa shape index (κ1) is 72.0. The molecule has 8 aliphatic rings. The highest BCUT2D eigenvalue weighted by Crippen LogP contribution is 2.46. The van der Waals surface area contributed by atoms with Crippen LogP contribution < -0.4 is 18.9 Å². The van der Waals surface area contributed by atoms with Gasteiger partial charge in [-0.1, -0.05) is 139 Å². The van der Waals surface area contributed by atoms with Crippen LogP contribution in [-0.4, -0.2) is 61.0 Å². The van der Waals surface area contributed by atoms with Crippen molar-refractivity contribution in [1.29, 1.82) is 0 Å². The van der Waals surface area contributed by atoms with Crippen LogP contribution in [0.15, 0.2) is 121 Å². The van der Waals surface area contributed by atoms with Crippen molar-refractivity contribution in [3.63, 3.8) is 0 Å². The van der Waals surface area contributed by atoms with E-state index in [-0.39, 0.29) is 39.5 Å². The molecule has 1 unspecified atom stereocenters. The Morgan fingerprint density at radius 1 is 0.465 bits per heavy atom. The minimum Gasteiger partial charge on any atom is -0.488 e. The SMILES string of the molecule is C#C[Si](C)(C)C.CC.CC(=O)c1ccc2c(c1)COc1cc3c(cc1-2)CCCC3=O.C[Si](C)(C)C#Cc1ccc2c(c1)COc1cc3c(cc1-2)CCCC3=O.O=C(CBr)c1ccc2c(c1)COc1cc3c(cc1-2)CCC(Br)C3=O.O=C1CCCc2cc3c(cc21)OCc1cc(Cl)ccc1-3. The van der Waals surface area contributed by atoms with E-state index in [2.05, 4.69) is 131 Å². The zero-order valence-corrected chi connectivity index (χ0v) is 63.7. The molecular formula is C84H81Br2ClO10Si2. The Bertz CT molecular complexity index is 4730. The maximum Gasteiger partial charge on any atom is 0.176 e. The van der Waals surface area contributed by atoms with Crippen molar-refractivity contribution in [2.75, 3.05) is 5.33 Å². The van der Waals surface area contributed by atoms with Crippen LogP contribution >= 0.6 is 43.5 Å². The van der Waals surface area contributed by atoms with Gasteiger partial charge in [0.2, 0.25) is 0 Å². The normalized spacial score (nSPS) is 15.6. The lowest BCUT2D eigenvalue weighted by Crippen LogP contribution is -2.23. The number of hydrogen-bond donors (Lipinski definition) is 0. The number of Topliss-reactive ketones (excluding diaryl/α,β-unsaturated/α-hetero) is 6. The molecule has 0 amide bonds. The van der Waals surface area contributed by atoms with Crippen LogP contribution in [0.25, 0.3) is 44.5 Å². The summed E-state index contributed by atoms with van der Waals surface area (Å²) < 4.78 is 23.5. The molecule has 16 rings (SSSR count). The van der Waals surface area contributed by atoms with E-state index in [0.717, 1.165) is 185 Å². The van der Waals surface area contributed by atoms with Crippen LogP contribution in [-0.2, 0) is 52.1 Å². The van der Waals surface area contributed by atoms with Gasteiger partial charge in [-0.05, 0) is 210 Å². The molecule has 8 aromatic carbocycles. The maximum atomic E-state index is 12.4. The molecule has 0 aromatic heterocycles. The summed E-state index contributed by atoms with van der Waals surface area (Å²) in [5.41, 5.74) is 29.5. The van der Waals surface area contributed by atoms with E-state index in [1.54, 1.807) is 6.92 Å². The van der Waals surface area contributed by atoms with Crippen molar-refractivity contribution in [3.8, 4) is 90.9 Å². The molecule has 0 N–H and O–H groups in total. The standard InChI is InChI=1S/C22H22O2Si.C19H14Br2O3.C19H16O3.C17H13ClO2.C5H10Si.C2H6/c1-25(2,3)10-9-15-7-8-18-17(11-15)14-24-22-13-19-16(12-20(18)22)5-4-6-21(19)23;20-8-17(22)11-1-3-13-12(5-11)9-24-18-7-14-10(6-15(13)18)2-4-16(21)19(14)23;1-11(20)12-5-6-15-14(7-12)10-22-19-9-16-13(8-17(15)19)3-2-4-18(16)21;18-12-4-5-13-11(6-12)9-20-17-8-14-10(7-15(13)17)2-1-3-16(14)19;1-5-6(2,3)4;1-2/h7-8,11-13H,4-6,14H2,1-3H3;1,3,5-7,16H,2,4,8-9H2;5-9H,2-4,10H2,1H3;4-8H,1-3,9H2;1H,2-4H3;1-2H3. The largest absolute Gasteiger partial charge is 0.488 e. The Balaban J connectivity index is 0.000000129. The minimum atomic E-state index is -1.38. The van der Waals surface area contributed by atoms with Gasteiger partial charge in [0.15, 0.2) is 34.7 Å². The number of rotatable bonds is 3. The van der Waals surface area contributed by atoms with Crippen molar-refractivity contribution >= 4 is 94.3 Å². The lowest BCUT2D eigenvalue weighted by molar-refractivity contribution is 0.0964. The predicted octanol–water partition coefficient (Wildman–Crippen LogP) is 20.6. The van der Waals surface area contributed by atoms with Crippen LogP contribution in [0.5, 0.6) is 23.0 Å². The Labute approximate surface area is 605 Å². The number of terminal acetylenes is 1. The smallest absolute Gasteiger partial charge is 0.176 e. The Kier molecular flexibility index (Phi) is 22.4. The highest BCUT2D eigenvalue weighted by Gasteiger charge is 2.31. The summed E-state index contributed by atoms with van der Waals surface area (Å²) in [5.74, 6) is 7.44. The molecule has 0 fully saturated rings. The summed E-state index contributed by atoms with van der Waals surface area (Å²) in [6.07, 6.45) is 14.4. The van der Waals surface area contributed by atoms with Crippen LogP contribution in [0, 0.1) is 23.4 Å². The van der Waals surface area contributed by atoms with E-state index in [1.807, 2.05) is 92.7 Å². The second kappa shape index (κ2) is 30.7. The van der Waals surface area contributed by atoms with Crippen LogP contribution in [0.4, 0.5) is 0 Å². The Hall–Kier alpha value is -8.22. The van der Waals surface area contributed by atoms with Gasteiger partial charge in [0, 0.05) is 85.5 Å². The number of alkyl halides is 2. The van der Waals surface area contributed by atoms with E-state index in [0.29, 0.717) is 62.1 Å². The van der Waals surface area contributed by atoms with Gasteiger partial charge in [-0.3, -0.25) is 28.8 Å². The molecule has 0 saturated carbocycles. The molecule has 0 bridgehead atoms. The highest BCUT2D eigenvalue weighted by atomic mass is 79.9. The van der Waals surface area contributed by atoms with Gasteiger partial charge in [0.1, 0.15) is 65.6 Å². The first-order chi connectivity index (χ1) is 47.4. The van der Waals surface area contributed by atoms with E-state index in [9.17, 15) is 28.8 Å². The molecule has 4 aliphatic heterocycles. The summed E-state index contributed by atoms with van der Waals surface area (Å²) in [4.78, 5) is 71.8. The molecule has 506 valence electrons. The number of carbonyl (C=O) groups is 6. The quantitative estimate of drug-likeness (QED) is 0.0727. The zero-order valence-electron chi connectivity index (χ0n) is 57.7. The molecule has 4 aliphatic carbocycles. The first-order valence-corrected chi connectivity index (χ1v) is 43.6. The summed E-state index contributed by atoms with van der Waals surface area (Å²) in [6, 6.07) is 39.9. The van der Waals surface area contributed by atoms with E-state index in [1.165, 1.54) is 11.1 Å². The van der Waals surface area contributed by atoms with Crippen molar-refractivity contribution in [2.45, 2.75) is 162 Å². The highest BCUT2D eigenvalue weighted by molar-refractivity contribution is 9.10. The fraction of sp³-hybridized carbons (Fsp3) is 0.310. The molecule has 0 spiro atoms. The number of ether oxygens (including phenoxy) is 4. The number of halogens is 3. The number of ketones is 6. The van der Waals surface area contributed by atoms with Crippen molar-refractivity contribution in [1.82, 2.24) is 0 Å². The molecule has 1 atom stereocenters. The Morgan fingerprint density at radius 2 is 0.838 bits per heavy atom. The van der Waals surface area contributed by atoms with Gasteiger partial charge >= 0.3 is 0 Å². The molecule has 99 heavy (non-hydrogen) atoms. The Morgan fingerprint density at radius 3 is 1.25 bits per heavy atom. The average molecular weight is 1500 g/mol. The monoisotopic (exact) mass is 1500 g/mol. The summed E-state index contributed by atoms with van der Waals surface area (Å²) in [6.45, 7) is 20.7. The predicted molar refractivity (Wildman–Crippen MR) is 409 cm³/mol. The van der Waals surface area contributed by atoms with Gasteiger partial charge in [-0.2, -0.15) is 0 Å². The third-order valence-corrected chi connectivity index (χ3v) is 21.8. The van der Waals surface area contributed by atoms with E-state index < -0.39 is 16.1 Å². The van der Waals surface area contributed by atoms with Crippen molar-refractivity contribution in [2.24, 2.45) is 0 Å². The number of aryl methyl sites for hydroxylation is 4. The molecular weight excluding hydrogens is 1420 g/mol. The third kappa shape index (κ3) is 16.3. The van der Waals surface area contributed by atoms with Gasteiger partial charge in [0.25, 0.3) is 0 Å². The summed E-state index contributed by atoms with van der Waals surface area (Å²) in [5, 5.41) is 1.04. The average Bonchev–Trinajstić information content (AvgIpc) is 0.785. The number of fused-ring (bicyclic) bond motifs is 16. The fourth-order valence-corrected chi connectivity index (χ4v) is 14.8. The minimum absolute atomic E-state index is 0.0583. The van der Waals surface area contributed by atoms with Crippen LogP contribution in [0.2, 0.25) is 44.3 Å². The zero-order chi connectivity index (χ0) is 70.6. The van der Waals surface area contributed by atoms with E-state index in [4.69, 9.17) is 37.0 Å². The van der Waals surface area contributed by atoms with Crippen molar-refractivity contribution < 1.29 is 47.7 Å². The second-order valence-electron chi connectivity index (χ2n) is 27.8. The number of carbonyl (C=O) groups excluding carboxylic acids is 6. The van der Waals surface area contributed by atoms with Gasteiger partial charge in [-0.15, -0.1) is 17.5 Å². The van der Waals surface area contributed by atoms with E-state index >= 15 is 0 Å². The molecule has 4 heterocycles. The van der Waals surface area contributed by atoms with Gasteiger partial charge in [0.05, 0.1) is 10.2 Å². The molecule has 10 nitrogen and oxygen atoms in total. The summed E-state index contributed by atoms with van der Waals surface area (Å²) >= 11 is 12.7. The number of benzene rings is 8. The fourth-order valence-electron chi connectivity index (χ4n) is 13.3. The second-order valence-corrected chi connectivity index (χ2v) is 39.4. The van der Waals surface area contributed by atoms with Gasteiger partial charge in [-0.25, -0.2) is 0 Å². The topological polar surface area (TPSA) is 139 Å². The van der Waals surface area contributed by atoms with Crippen LogP contribution in [0.3, 0.4) is 0 Å². The lowest BCUT2D eigenvalue weighted by Gasteiger charge is -2.26. The molecule has 8 aromatic rings. The first-order valence-electron chi connectivity index (χ1n) is 34.2. The summed E-state index contributed by atoms with van der Waals surface area (Å²) in [7, 11) is -2.48. The third-order valence-electron chi connectivity index (χ3n) is 18.4. The molecule has 0 saturated heterocycles. The lowest BCUT2D eigenvalue weighted by atomic mass is 9.85.